The van der Waals surface area contributed by atoms with Gasteiger partial charge in [-0.1, -0.05) is 0 Å². The van der Waals surface area contributed by atoms with Gasteiger partial charge in [0.05, 0.1) is 14.2 Å². The van der Waals surface area contributed by atoms with Crippen LogP contribution in [0.25, 0.3) is 0 Å². The zero-order chi connectivity index (χ0) is 20.0. The maximum atomic E-state index is 13.0. The van der Waals surface area contributed by atoms with E-state index in [1.807, 2.05) is 0 Å². The van der Waals surface area contributed by atoms with Gasteiger partial charge in [-0.05, 0) is 19.3 Å². The molecule has 0 aromatic carbocycles. The first kappa shape index (κ1) is 20.4. The Kier molecular flexibility index (Phi) is 6.91. The molecule has 2 rings (SSSR count). The molecule has 148 valence electrons. The monoisotopic (exact) mass is 380 g/mol. The Hall–Kier alpha value is -2.91. The third-order valence-corrected chi connectivity index (χ3v) is 4.51. The predicted octanol–water partition coefficient (Wildman–Crippen LogP) is 0.422. The van der Waals surface area contributed by atoms with Crippen LogP contribution >= 0.6 is 0 Å². The number of hydrogen-bond acceptors (Lipinski definition) is 7. The molecule has 1 N–H and O–H groups in total. The van der Waals surface area contributed by atoms with E-state index in [-0.39, 0.29) is 41.7 Å². The molecule has 1 aliphatic rings. The number of aromatic nitrogens is 2. The average molecular weight is 380 g/mol. The lowest BCUT2D eigenvalue weighted by Gasteiger charge is -2.29. The fourth-order valence-electron chi connectivity index (χ4n) is 3.24. The normalized spacial score (nSPS) is 17.0. The Morgan fingerprint density at radius 1 is 1.19 bits per heavy atom. The molecule has 0 aliphatic carbocycles. The van der Waals surface area contributed by atoms with Crippen molar-refractivity contribution >= 4 is 17.8 Å². The van der Waals surface area contributed by atoms with E-state index >= 15 is 0 Å². The van der Waals surface area contributed by atoms with Gasteiger partial charge < -0.3 is 24.4 Å². The van der Waals surface area contributed by atoms with E-state index < -0.39 is 5.97 Å². The third-order valence-electron chi connectivity index (χ3n) is 4.51. The van der Waals surface area contributed by atoms with Gasteiger partial charge in [-0.15, -0.1) is 0 Å². The number of amides is 2. The summed E-state index contributed by atoms with van der Waals surface area (Å²) in [5.74, 6) is -1.41. The maximum absolute atomic E-state index is 13.0. The number of carboxylic acid groups (broad SMARTS) is 1. The van der Waals surface area contributed by atoms with Crippen molar-refractivity contribution in [2.75, 3.05) is 33.9 Å². The number of carbonyl (C=O) groups is 3. The van der Waals surface area contributed by atoms with E-state index in [1.54, 1.807) is 4.90 Å². The second-order valence-corrected chi connectivity index (χ2v) is 6.18. The zero-order valence-electron chi connectivity index (χ0n) is 15.7. The number of hydrogen-bond donors (Lipinski definition) is 1. The number of aliphatic carboxylic acids is 1. The van der Waals surface area contributed by atoms with E-state index in [0.29, 0.717) is 32.4 Å². The van der Waals surface area contributed by atoms with Crippen LogP contribution in [0.1, 0.15) is 36.5 Å². The second-order valence-electron chi connectivity index (χ2n) is 6.18. The molecule has 1 atom stereocenters. The van der Waals surface area contributed by atoms with Gasteiger partial charge in [0.15, 0.2) is 5.56 Å². The van der Waals surface area contributed by atoms with Crippen molar-refractivity contribution in [2.24, 2.45) is 0 Å². The number of rotatable bonds is 6. The van der Waals surface area contributed by atoms with Crippen molar-refractivity contribution in [3.05, 3.63) is 11.9 Å². The number of nitrogens with zero attached hydrogens (tertiary/aromatic N) is 4. The highest BCUT2D eigenvalue weighted by Gasteiger charge is 2.31. The fourth-order valence-corrected chi connectivity index (χ4v) is 3.24. The van der Waals surface area contributed by atoms with Gasteiger partial charge in [0, 0.05) is 26.1 Å². The molecule has 1 saturated heterocycles. The molecule has 1 aliphatic heterocycles. The summed E-state index contributed by atoms with van der Waals surface area (Å²) >= 11 is 0. The Morgan fingerprint density at radius 2 is 1.81 bits per heavy atom. The Balaban J connectivity index is 2.17. The summed E-state index contributed by atoms with van der Waals surface area (Å²) in [7, 11) is 2.82. The summed E-state index contributed by atoms with van der Waals surface area (Å²) in [6.45, 7) is 1.85. The molecule has 2 amide bonds. The molecule has 10 heteroatoms. The number of carbonyl (C=O) groups excluding carboxylic acids is 2. The van der Waals surface area contributed by atoms with Gasteiger partial charge in [-0.25, -0.2) is 9.97 Å². The van der Waals surface area contributed by atoms with Crippen LogP contribution in [0.3, 0.4) is 0 Å². The Labute approximate surface area is 157 Å². The summed E-state index contributed by atoms with van der Waals surface area (Å²) < 4.78 is 10.3. The molecule has 0 spiro atoms. The van der Waals surface area contributed by atoms with Crippen LogP contribution < -0.4 is 9.47 Å². The molecule has 1 aromatic rings. The largest absolute Gasteiger partial charge is 0.480 e. The molecule has 1 unspecified atom stereocenters. The van der Waals surface area contributed by atoms with Crippen molar-refractivity contribution < 1.29 is 29.0 Å². The van der Waals surface area contributed by atoms with Crippen LogP contribution in [0.2, 0.25) is 0 Å². The van der Waals surface area contributed by atoms with Crippen LogP contribution in [0.15, 0.2) is 6.33 Å². The highest BCUT2D eigenvalue weighted by atomic mass is 16.5. The lowest BCUT2D eigenvalue weighted by atomic mass is 10.1. The van der Waals surface area contributed by atoms with E-state index in [0.717, 1.165) is 0 Å². The van der Waals surface area contributed by atoms with Gasteiger partial charge in [-0.3, -0.25) is 14.4 Å². The van der Waals surface area contributed by atoms with Crippen LogP contribution in [-0.4, -0.2) is 82.6 Å². The Bertz CT molecular complexity index is 688. The highest BCUT2D eigenvalue weighted by molar-refractivity contribution is 5.98. The zero-order valence-corrected chi connectivity index (χ0v) is 15.7. The molecular weight excluding hydrogens is 356 g/mol. The van der Waals surface area contributed by atoms with Crippen LogP contribution in [0, 0.1) is 0 Å². The Morgan fingerprint density at radius 3 is 2.33 bits per heavy atom. The van der Waals surface area contributed by atoms with E-state index in [1.165, 1.54) is 32.4 Å². The second kappa shape index (κ2) is 9.15. The summed E-state index contributed by atoms with van der Waals surface area (Å²) in [5, 5.41) is 9.04. The summed E-state index contributed by atoms with van der Waals surface area (Å²) in [6.07, 6.45) is 2.99. The average Bonchev–Trinajstić information content (AvgIpc) is 2.90. The molecule has 1 fully saturated rings. The molecule has 1 aromatic heterocycles. The molecule has 0 radical (unpaired) electrons. The molecule has 2 heterocycles. The minimum Gasteiger partial charge on any atom is -0.480 e. The van der Waals surface area contributed by atoms with E-state index in [4.69, 9.17) is 14.6 Å². The van der Waals surface area contributed by atoms with Gasteiger partial charge in [0.25, 0.3) is 5.91 Å². The van der Waals surface area contributed by atoms with Crippen molar-refractivity contribution in [3.63, 3.8) is 0 Å². The summed E-state index contributed by atoms with van der Waals surface area (Å²) in [4.78, 5) is 46.8. The van der Waals surface area contributed by atoms with E-state index in [9.17, 15) is 14.4 Å². The van der Waals surface area contributed by atoms with Crippen LogP contribution in [-0.2, 0) is 9.59 Å². The lowest BCUT2D eigenvalue weighted by Crippen LogP contribution is -2.43. The summed E-state index contributed by atoms with van der Waals surface area (Å²) in [6, 6.07) is -0.229. The third kappa shape index (κ3) is 4.83. The molecule has 0 saturated carbocycles. The van der Waals surface area contributed by atoms with Gasteiger partial charge in [0.1, 0.15) is 12.9 Å². The first-order valence-electron chi connectivity index (χ1n) is 8.60. The van der Waals surface area contributed by atoms with Crippen molar-refractivity contribution in [1.29, 1.82) is 0 Å². The quantitative estimate of drug-likeness (QED) is 0.753. The van der Waals surface area contributed by atoms with Crippen molar-refractivity contribution in [2.45, 2.75) is 32.2 Å². The van der Waals surface area contributed by atoms with Gasteiger partial charge >= 0.3 is 5.97 Å². The van der Waals surface area contributed by atoms with E-state index in [2.05, 4.69) is 9.97 Å². The van der Waals surface area contributed by atoms with Crippen LogP contribution in [0.5, 0.6) is 11.8 Å². The number of likely N-dealkylation sites (tertiary alicyclic amines) is 1. The number of carboxylic acids is 1. The fraction of sp³-hybridized carbons (Fsp3) is 0.588. The summed E-state index contributed by atoms with van der Waals surface area (Å²) in [5.41, 5.74) is 0.148. The minimum atomic E-state index is -1.06. The van der Waals surface area contributed by atoms with Gasteiger partial charge in [-0.2, -0.15) is 0 Å². The first-order chi connectivity index (χ1) is 12.9. The number of ether oxygens (including phenoxy) is 2. The van der Waals surface area contributed by atoms with Crippen molar-refractivity contribution in [1.82, 2.24) is 19.8 Å². The molecule has 0 bridgehead atoms. The lowest BCUT2D eigenvalue weighted by molar-refractivity contribution is -0.145. The van der Waals surface area contributed by atoms with Crippen molar-refractivity contribution in [3.8, 4) is 11.8 Å². The molecular formula is C17H24N4O6. The molecule has 10 nitrogen and oxygen atoms in total. The predicted molar refractivity (Wildman–Crippen MR) is 93.7 cm³/mol. The van der Waals surface area contributed by atoms with Gasteiger partial charge in [0.2, 0.25) is 17.7 Å². The first-order valence-corrected chi connectivity index (χ1v) is 8.60. The van der Waals surface area contributed by atoms with Crippen LogP contribution in [0.4, 0.5) is 0 Å². The SMILES string of the molecule is COc1ncnc(OC)c1C(=O)N1CCCC(N(CC(=O)O)C(C)=O)CC1. The molecule has 27 heavy (non-hydrogen) atoms. The highest BCUT2D eigenvalue weighted by Crippen LogP contribution is 2.27. The maximum Gasteiger partial charge on any atom is 0.323 e. The standard InChI is InChI=1S/C17H24N4O6/c1-11(22)21(9-13(23)24)12-5-4-7-20(8-6-12)17(25)14-15(26-2)18-10-19-16(14)27-3/h10,12H,4-9H2,1-3H3,(H,23,24). The smallest absolute Gasteiger partial charge is 0.323 e. The topological polar surface area (TPSA) is 122 Å². The minimum absolute atomic E-state index is 0.129. The number of methoxy groups -OCH3 is 2.